The standard InChI is InChI=1S/C25H16ClN3/c26-25-28-23(18-8-2-1-3-9-18)27-24(29-25)22-12-6-11-20(16-22)21-14-13-17-7-4-5-10-19(17)15-21/h1-16H. The third-order valence-corrected chi connectivity index (χ3v) is 5.01. The molecule has 138 valence electrons. The lowest BCUT2D eigenvalue weighted by Gasteiger charge is -2.08. The maximum absolute atomic E-state index is 6.21. The Hall–Kier alpha value is -3.56. The average Bonchev–Trinajstić information content (AvgIpc) is 2.79. The van der Waals surface area contributed by atoms with Crippen molar-refractivity contribution >= 4 is 22.4 Å². The fourth-order valence-corrected chi connectivity index (χ4v) is 3.56. The molecule has 5 rings (SSSR count). The predicted octanol–water partition coefficient (Wildman–Crippen LogP) is 6.68. The van der Waals surface area contributed by atoms with Gasteiger partial charge in [0.2, 0.25) is 5.28 Å². The second kappa shape index (κ2) is 7.46. The smallest absolute Gasteiger partial charge is 0.208 e. The number of hydrogen-bond acceptors (Lipinski definition) is 3. The molecule has 0 aliphatic carbocycles. The zero-order valence-electron chi connectivity index (χ0n) is 15.5. The fourth-order valence-electron chi connectivity index (χ4n) is 3.40. The van der Waals surface area contributed by atoms with Gasteiger partial charge in [-0.1, -0.05) is 84.9 Å². The summed E-state index contributed by atoms with van der Waals surface area (Å²) in [4.78, 5) is 13.3. The zero-order valence-corrected chi connectivity index (χ0v) is 16.2. The molecule has 1 aromatic heterocycles. The molecule has 0 radical (unpaired) electrons. The highest BCUT2D eigenvalue weighted by Gasteiger charge is 2.10. The van der Waals surface area contributed by atoms with Gasteiger partial charge in [-0.05, 0) is 45.6 Å². The average molecular weight is 394 g/mol. The second-order valence-electron chi connectivity index (χ2n) is 6.76. The molecule has 0 aliphatic rings. The summed E-state index contributed by atoms with van der Waals surface area (Å²) >= 11 is 6.21. The highest BCUT2D eigenvalue weighted by Crippen LogP contribution is 2.28. The molecule has 4 heteroatoms. The van der Waals surface area contributed by atoms with Gasteiger partial charge in [-0.15, -0.1) is 0 Å². The highest BCUT2D eigenvalue weighted by atomic mass is 35.5. The maximum atomic E-state index is 6.21. The lowest BCUT2D eigenvalue weighted by Crippen LogP contribution is -1.97. The van der Waals surface area contributed by atoms with E-state index in [4.69, 9.17) is 11.6 Å². The molecule has 3 nitrogen and oxygen atoms in total. The molecule has 0 aliphatic heterocycles. The largest absolute Gasteiger partial charge is 0.226 e. The van der Waals surface area contributed by atoms with E-state index >= 15 is 0 Å². The Morgan fingerprint density at radius 2 is 1.07 bits per heavy atom. The summed E-state index contributed by atoms with van der Waals surface area (Å²) in [6.45, 7) is 0. The third-order valence-electron chi connectivity index (χ3n) is 4.84. The normalized spacial score (nSPS) is 10.9. The zero-order chi connectivity index (χ0) is 19.6. The van der Waals surface area contributed by atoms with Crippen LogP contribution in [0.3, 0.4) is 0 Å². The molecule has 0 bridgehead atoms. The van der Waals surface area contributed by atoms with Crippen LogP contribution in [0.15, 0.2) is 97.1 Å². The number of fused-ring (bicyclic) bond motifs is 1. The van der Waals surface area contributed by atoms with E-state index in [1.165, 1.54) is 10.8 Å². The molecule has 0 spiro atoms. The molecule has 0 amide bonds. The first-order chi connectivity index (χ1) is 14.3. The monoisotopic (exact) mass is 393 g/mol. The van der Waals surface area contributed by atoms with Gasteiger partial charge >= 0.3 is 0 Å². The van der Waals surface area contributed by atoms with Crippen LogP contribution in [-0.4, -0.2) is 15.0 Å². The van der Waals surface area contributed by atoms with Crippen molar-refractivity contribution in [3.05, 3.63) is 102 Å². The molecular formula is C25H16ClN3. The summed E-state index contributed by atoms with van der Waals surface area (Å²) in [5.41, 5.74) is 4.06. The van der Waals surface area contributed by atoms with Crippen LogP contribution in [0.2, 0.25) is 5.28 Å². The van der Waals surface area contributed by atoms with Crippen LogP contribution in [0.4, 0.5) is 0 Å². The minimum absolute atomic E-state index is 0.185. The van der Waals surface area contributed by atoms with E-state index in [9.17, 15) is 0 Å². The van der Waals surface area contributed by atoms with Gasteiger partial charge in [-0.3, -0.25) is 0 Å². The van der Waals surface area contributed by atoms with E-state index in [-0.39, 0.29) is 5.28 Å². The lowest BCUT2D eigenvalue weighted by atomic mass is 9.99. The molecule has 0 N–H and O–H groups in total. The van der Waals surface area contributed by atoms with Crippen LogP contribution in [0.25, 0.3) is 44.7 Å². The van der Waals surface area contributed by atoms with Gasteiger partial charge < -0.3 is 0 Å². The van der Waals surface area contributed by atoms with Gasteiger partial charge in [0.15, 0.2) is 11.6 Å². The Balaban J connectivity index is 1.58. The second-order valence-corrected chi connectivity index (χ2v) is 7.10. The van der Waals surface area contributed by atoms with Gasteiger partial charge in [-0.25, -0.2) is 4.98 Å². The molecule has 0 saturated heterocycles. The molecule has 0 fully saturated rings. The van der Waals surface area contributed by atoms with Crippen LogP contribution >= 0.6 is 11.6 Å². The van der Waals surface area contributed by atoms with Crippen LogP contribution in [-0.2, 0) is 0 Å². The Morgan fingerprint density at radius 3 is 1.90 bits per heavy atom. The predicted molar refractivity (Wildman–Crippen MR) is 119 cm³/mol. The molecule has 0 saturated carbocycles. The number of benzene rings is 4. The van der Waals surface area contributed by atoms with Crippen molar-refractivity contribution in [2.24, 2.45) is 0 Å². The quantitative estimate of drug-likeness (QED) is 0.343. The van der Waals surface area contributed by atoms with E-state index in [1.54, 1.807) is 0 Å². The molecule has 5 aromatic rings. The highest BCUT2D eigenvalue weighted by molar-refractivity contribution is 6.28. The summed E-state index contributed by atoms with van der Waals surface area (Å²) in [6, 6.07) is 32.8. The summed E-state index contributed by atoms with van der Waals surface area (Å²) in [5.74, 6) is 1.13. The SMILES string of the molecule is Clc1nc(-c2ccccc2)nc(-c2cccc(-c3ccc4ccccc4c3)c2)n1. The van der Waals surface area contributed by atoms with E-state index in [2.05, 4.69) is 69.5 Å². The minimum Gasteiger partial charge on any atom is -0.208 e. The van der Waals surface area contributed by atoms with Gasteiger partial charge in [0.1, 0.15) is 0 Å². The van der Waals surface area contributed by atoms with Crippen LogP contribution in [0.5, 0.6) is 0 Å². The molecule has 0 atom stereocenters. The molecule has 29 heavy (non-hydrogen) atoms. The first-order valence-corrected chi connectivity index (χ1v) is 9.71. The van der Waals surface area contributed by atoms with Crippen molar-refractivity contribution in [1.29, 1.82) is 0 Å². The van der Waals surface area contributed by atoms with Gasteiger partial charge in [0.05, 0.1) is 0 Å². The first-order valence-electron chi connectivity index (χ1n) is 9.33. The van der Waals surface area contributed by atoms with Crippen molar-refractivity contribution in [1.82, 2.24) is 15.0 Å². The Morgan fingerprint density at radius 1 is 0.448 bits per heavy atom. The first kappa shape index (κ1) is 17.5. The summed E-state index contributed by atoms with van der Waals surface area (Å²) in [7, 11) is 0. The number of nitrogens with zero attached hydrogens (tertiary/aromatic N) is 3. The van der Waals surface area contributed by atoms with Gasteiger partial charge in [0, 0.05) is 11.1 Å². The summed E-state index contributed by atoms with van der Waals surface area (Å²) < 4.78 is 0. The number of rotatable bonds is 3. The minimum atomic E-state index is 0.185. The van der Waals surface area contributed by atoms with Crippen LogP contribution < -0.4 is 0 Å². The van der Waals surface area contributed by atoms with E-state index in [1.807, 2.05) is 42.5 Å². The molecular weight excluding hydrogens is 378 g/mol. The number of aromatic nitrogens is 3. The van der Waals surface area contributed by atoms with E-state index in [0.29, 0.717) is 11.6 Å². The van der Waals surface area contributed by atoms with Crippen LogP contribution in [0.1, 0.15) is 0 Å². The lowest BCUT2D eigenvalue weighted by molar-refractivity contribution is 1.07. The summed E-state index contributed by atoms with van der Waals surface area (Å²) in [5, 5.41) is 2.62. The van der Waals surface area contributed by atoms with E-state index < -0.39 is 0 Å². The van der Waals surface area contributed by atoms with Crippen molar-refractivity contribution in [2.75, 3.05) is 0 Å². The fraction of sp³-hybridized carbons (Fsp3) is 0. The van der Waals surface area contributed by atoms with E-state index in [0.717, 1.165) is 22.3 Å². The van der Waals surface area contributed by atoms with Crippen molar-refractivity contribution in [3.63, 3.8) is 0 Å². The number of halogens is 1. The molecule has 4 aromatic carbocycles. The molecule has 1 heterocycles. The topological polar surface area (TPSA) is 38.7 Å². The Kier molecular flexibility index (Phi) is 4.51. The Bertz CT molecular complexity index is 1320. The van der Waals surface area contributed by atoms with Gasteiger partial charge in [-0.2, -0.15) is 9.97 Å². The summed E-state index contributed by atoms with van der Waals surface area (Å²) in [6.07, 6.45) is 0. The third kappa shape index (κ3) is 3.60. The van der Waals surface area contributed by atoms with Crippen molar-refractivity contribution in [3.8, 4) is 33.9 Å². The van der Waals surface area contributed by atoms with Crippen LogP contribution in [0, 0.1) is 0 Å². The Labute approximate surface area is 173 Å². The number of hydrogen-bond donors (Lipinski definition) is 0. The maximum Gasteiger partial charge on any atom is 0.226 e. The van der Waals surface area contributed by atoms with Gasteiger partial charge in [0.25, 0.3) is 0 Å². The van der Waals surface area contributed by atoms with Crippen molar-refractivity contribution < 1.29 is 0 Å². The molecule has 0 unspecified atom stereocenters. The van der Waals surface area contributed by atoms with Crippen molar-refractivity contribution in [2.45, 2.75) is 0 Å².